The molecule has 0 N–H and O–H groups in total. The van der Waals surface area contributed by atoms with Crippen LogP contribution in [0.25, 0.3) is 0 Å². The lowest BCUT2D eigenvalue weighted by molar-refractivity contribution is 0.279. The van der Waals surface area contributed by atoms with Gasteiger partial charge in [-0.3, -0.25) is 0 Å². The van der Waals surface area contributed by atoms with Crippen LogP contribution in [0.5, 0.6) is 0 Å². The fourth-order valence-corrected chi connectivity index (χ4v) is 3.85. The van der Waals surface area contributed by atoms with Crippen molar-refractivity contribution in [3.05, 3.63) is 0 Å². The summed E-state index contributed by atoms with van der Waals surface area (Å²) in [6.07, 6.45) is 28.0. The molecule has 0 saturated carbocycles. The van der Waals surface area contributed by atoms with E-state index in [2.05, 4.69) is 13.8 Å². The zero-order chi connectivity index (χ0) is 19.1. The van der Waals surface area contributed by atoms with Gasteiger partial charge in [0.15, 0.2) is 0 Å². The average Bonchev–Trinajstić information content (AvgIpc) is 2.64. The summed E-state index contributed by atoms with van der Waals surface area (Å²) in [6, 6.07) is 0. The third-order valence-corrected chi connectivity index (χ3v) is 5.74. The maximum Gasteiger partial charge on any atom is 0.100 e. The van der Waals surface area contributed by atoms with Crippen molar-refractivity contribution < 1.29 is 4.39 Å². The monoisotopic (exact) mass is 370 g/mol. The first kappa shape index (κ1) is 25.9. The van der Waals surface area contributed by atoms with E-state index in [9.17, 15) is 4.39 Å². The maximum absolute atomic E-state index is 13.8. The molecule has 0 aromatic heterocycles. The minimum atomic E-state index is -0.529. The van der Waals surface area contributed by atoms with Crippen molar-refractivity contribution in [2.75, 3.05) is 0 Å². The molecule has 0 rings (SSSR count). The summed E-state index contributed by atoms with van der Waals surface area (Å²) in [4.78, 5) is 0. The Hall–Kier alpha value is -0.0700. The second-order valence-electron chi connectivity index (χ2n) is 8.54. The Morgan fingerprint density at radius 3 is 0.885 bits per heavy atom. The van der Waals surface area contributed by atoms with E-state index in [-0.39, 0.29) is 0 Å². The highest BCUT2D eigenvalue weighted by atomic mass is 19.1. The Kier molecular flexibility index (Phi) is 22.9. The van der Waals surface area contributed by atoms with Crippen LogP contribution >= 0.6 is 0 Å². The second kappa shape index (κ2) is 23.0. The highest BCUT2D eigenvalue weighted by Gasteiger charge is 2.05. The van der Waals surface area contributed by atoms with Gasteiger partial charge in [0.05, 0.1) is 0 Å². The highest BCUT2D eigenvalue weighted by Crippen LogP contribution is 2.17. The summed E-state index contributed by atoms with van der Waals surface area (Å²) in [6.45, 7) is 4.52. The Morgan fingerprint density at radius 1 is 0.385 bits per heavy atom. The van der Waals surface area contributed by atoms with Gasteiger partial charge in [-0.05, 0) is 12.8 Å². The molecule has 0 saturated heterocycles. The van der Waals surface area contributed by atoms with Crippen LogP contribution in [-0.4, -0.2) is 6.17 Å². The number of halogens is 1. The topological polar surface area (TPSA) is 0 Å². The Balaban J connectivity index is 3.08. The van der Waals surface area contributed by atoms with Gasteiger partial charge in [-0.15, -0.1) is 0 Å². The van der Waals surface area contributed by atoms with Crippen LogP contribution in [-0.2, 0) is 0 Å². The molecule has 0 fully saturated rings. The van der Waals surface area contributed by atoms with Crippen molar-refractivity contribution in [2.45, 2.75) is 161 Å². The van der Waals surface area contributed by atoms with E-state index in [1.54, 1.807) is 0 Å². The first-order valence-corrected chi connectivity index (χ1v) is 12.4. The molecule has 0 aliphatic carbocycles. The lowest BCUT2D eigenvalue weighted by atomic mass is 10.0. The Morgan fingerprint density at radius 2 is 0.615 bits per heavy atom. The standard InChI is InChI=1S/C25H51F/c1-3-5-7-9-10-11-12-13-14-15-16-17-18-20-22-24-25(26)23-21-19-8-6-4-2/h25H,3-24H2,1-2H3. The summed E-state index contributed by atoms with van der Waals surface area (Å²) in [5.74, 6) is 0. The molecule has 0 radical (unpaired) electrons. The molecule has 0 spiro atoms. The number of unbranched alkanes of at least 4 members (excludes halogenated alkanes) is 18. The van der Waals surface area contributed by atoms with Crippen LogP contribution in [0.15, 0.2) is 0 Å². The third kappa shape index (κ3) is 22.0. The average molecular weight is 371 g/mol. The molecule has 1 unspecified atom stereocenters. The van der Waals surface area contributed by atoms with Gasteiger partial charge >= 0.3 is 0 Å². The fourth-order valence-electron chi connectivity index (χ4n) is 3.85. The van der Waals surface area contributed by atoms with Crippen LogP contribution < -0.4 is 0 Å². The van der Waals surface area contributed by atoms with E-state index in [1.165, 1.54) is 116 Å². The summed E-state index contributed by atoms with van der Waals surface area (Å²) in [5.41, 5.74) is 0. The van der Waals surface area contributed by atoms with Crippen molar-refractivity contribution in [3.8, 4) is 0 Å². The molecule has 0 heterocycles. The highest BCUT2D eigenvalue weighted by molar-refractivity contribution is 4.58. The maximum atomic E-state index is 13.8. The predicted molar refractivity (Wildman–Crippen MR) is 118 cm³/mol. The van der Waals surface area contributed by atoms with Gasteiger partial charge in [-0.2, -0.15) is 0 Å². The SMILES string of the molecule is CCCCCCCCCCCCCCCCCC(F)CCCCCCC. The number of rotatable bonds is 22. The van der Waals surface area contributed by atoms with E-state index in [4.69, 9.17) is 0 Å². The fraction of sp³-hybridized carbons (Fsp3) is 1.00. The molecule has 1 heteroatoms. The molecule has 0 aromatic rings. The number of alkyl halides is 1. The molecule has 0 nitrogen and oxygen atoms in total. The van der Waals surface area contributed by atoms with Crippen LogP contribution in [0, 0.1) is 0 Å². The molecular weight excluding hydrogens is 319 g/mol. The lowest BCUT2D eigenvalue weighted by Gasteiger charge is -2.08. The second-order valence-corrected chi connectivity index (χ2v) is 8.54. The minimum absolute atomic E-state index is 0.529. The van der Waals surface area contributed by atoms with Crippen LogP contribution in [0.4, 0.5) is 4.39 Å². The quantitative estimate of drug-likeness (QED) is 0.166. The molecule has 26 heavy (non-hydrogen) atoms. The van der Waals surface area contributed by atoms with Crippen molar-refractivity contribution in [1.29, 1.82) is 0 Å². The van der Waals surface area contributed by atoms with E-state index >= 15 is 0 Å². The van der Waals surface area contributed by atoms with Gasteiger partial charge in [0.25, 0.3) is 0 Å². The smallest absolute Gasteiger partial charge is 0.100 e. The van der Waals surface area contributed by atoms with Crippen molar-refractivity contribution >= 4 is 0 Å². The minimum Gasteiger partial charge on any atom is -0.247 e. The third-order valence-electron chi connectivity index (χ3n) is 5.74. The molecule has 158 valence electrons. The summed E-state index contributed by atoms with van der Waals surface area (Å²) in [7, 11) is 0. The zero-order valence-electron chi connectivity index (χ0n) is 18.5. The van der Waals surface area contributed by atoms with Gasteiger partial charge in [0.2, 0.25) is 0 Å². The van der Waals surface area contributed by atoms with Crippen LogP contribution in [0.2, 0.25) is 0 Å². The van der Waals surface area contributed by atoms with E-state index in [0.717, 1.165) is 25.7 Å². The predicted octanol–water partition coefficient (Wildman–Crippen LogP) is 9.95. The summed E-state index contributed by atoms with van der Waals surface area (Å²) >= 11 is 0. The van der Waals surface area contributed by atoms with E-state index in [1.807, 2.05) is 0 Å². The van der Waals surface area contributed by atoms with Crippen molar-refractivity contribution in [2.24, 2.45) is 0 Å². The molecule has 0 aromatic carbocycles. The number of hydrogen-bond donors (Lipinski definition) is 0. The van der Waals surface area contributed by atoms with Gasteiger partial charge in [0, 0.05) is 0 Å². The lowest BCUT2D eigenvalue weighted by Crippen LogP contribution is -1.99. The normalized spacial score (nSPS) is 12.6. The van der Waals surface area contributed by atoms with E-state index in [0.29, 0.717) is 0 Å². The Bertz CT molecular complexity index is 238. The largest absolute Gasteiger partial charge is 0.247 e. The Labute approximate surface area is 166 Å². The molecular formula is C25H51F. The molecule has 0 bridgehead atoms. The molecule has 0 amide bonds. The molecule has 0 aliphatic heterocycles. The zero-order valence-corrected chi connectivity index (χ0v) is 18.5. The van der Waals surface area contributed by atoms with E-state index < -0.39 is 6.17 Å². The molecule has 0 aliphatic rings. The first-order valence-electron chi connectivity index (χ1n) is 12.4. The van der Waals surface area contributed by atoms with Crippen molar-refractivity contribution in [1.82, 2.24) is 0 Å². The van der Waals surface area contributed by atoms with Gasteiger partial charge in [-0.1, -0.05) is 142 Å². The van der Waals surface area contributed by atoms with Gasteiger partial charge in [0.1, 0.15) is 6.17 Å². The van der Waals surface area contributed by atoms with Crippen LogP contribution in [0.1, 0.15) is 155 Å². The molecule has 1 atom stereocenters. The first-order chi connectivity index (χ1) is 12.8. The van der Waals surface area contributed by atoms with Gasteiger partial charge in [-0.25, -0.2) is 4.39 Å². The van der Waals surface area contributed by atoms with Crippen molar-refractivity contribution in [3.63, 3.8) is 0 Å². The summed E-state index contributed by atoms with van der Waals surface area (Å²) in [5, 5.41) is 0. The van der Waals surface area contributed by atoms with Crippen LogP contribution in [0.3, 0.4) is 0 Å². The number of hydrogen-bond acceptors (Lipinski definition) is 0. The van der Waals surface area contributed by atoms with Gasteiger partial charge < -0.3 is 0 Å². The summed E-state index contributed by atoms with van der Waals surface area (Å²) < 4.78 is 13.8.